The van der Waals surface area contributed by atoms with Crippen molar-refractivity contribution in [1.29, 1.82) is 0 Å². The summed E-state index contributed by atoms with van der Waals surface area (Å²) in [6.45, 7) is 1.23. The lowest BCUT2D eigenvalue weighted by atomic mass is 9.97. The molecule has 3 rings (SSSR count). The minimum atomic E-state index is -0.905. The molecule has 0 unspecified atom stereocenters. The first-order valence-corrected chi connectivity index (χ1v) is 9.78. The number of halogens is 1. The number of aromatic nitrogens is 1. The normalized spacial score (nSPS) is 11.1. The largest absolute Gasteiger partial charge is 0.459 e. The molecule has 3 N–H and O–H groups in total. The average Bonchev–Trinajstić information content (AvgIpc) is 2.86. The molecule has 1 heterocycles. The highest BCUT2D eigenvalue weighted by Gasteiger charge is 2.19. The minimum Gasteiger partial charge on any atom is -0.459 e. The van der Waals surface area contributed by atoms with Crippen LogP contribution in [0.5, 0.6) is 0 Å². The molecular weight excluding hydrogens is 453 g/mol. The van der Waals surface area contributed by atoms with Gasteiger partial charge in [0, 0.05) is 5.56 Å². The van der Waals surface area contributed by atoms with Gasteiger partial charge in [0.1, 0.15) is 19.0 Å². The number of rotatable bonds is 9. The molecule has 2 aromatic carbocycles. The second-order valence-corrected chi connectivity index (χ2v) is 6.73. The smallest absolute Gasteiger partial charge is 0.313 e. The number of esters is 1. The van der Waals surface area contributed by atoms with Gasteiger partial charge in [-0.1, -0.05) is 48.5 Å². The predicted octanol–water partition coefficient (Wildman–Crippen LogP) is 3.81. The number of pyridine rings is 1. The Balaban J connectivity index is 0.000000945. The maximum absolute atomic E-state index is 14.6. The highest BCUT2D eigenvalue weighted by molar-refractivity contribution is 5.78. The van der Waals surface area contributed by atoms with Crippen molar-refractivity contribution in [2.24, 2.45) is 0 Å². The van der Waals surface area contributed by atoms with Crippen molar-refractivity contribution in [3.8, 4) is 11.1 Å². The van der Waals surface area contributed by atoms with Crippen LogP contribution in [0.2, 0.25) is 0 Å². The molecular formula is C22H22FN3O8. The van der Waals surface area contributed by atoms with Crippen molar-refractivity contribution >= 4 is 5.97 Å². The molecule has 1 aromatic heterocycles. The maximum Gasteiger partial charge on any atom is 0.313 e. The zero-order chi connectivity index (χ0) is 24.9. The van der Waals surface area contributed by atoms with Gasteiger partial charge >= 0.3 is 5.97 Å². The van der Waals surface area contributed by atoms with Gasteiger partial charge in [0.2, 0.25) is 0 Å². The molecule has 0 radical (unpaired) electrons. The third kappa shape index (κ3) is 8.18. The fraction of sp³-hybridized carbons (Fsp3) is 0.182. The fourth-order valence-electron chi connectivity index (χ4n) is 2.87. The number of nitrogens with one attached hydrogen (secondary N) is 1. The zero-order valence-corrected chi connectivity index (χ0v) is 18.0. The van der Waals surface area contributed by atoms with Gasteiger partial charge in [-0.3, -0.25) is 15.0 Å². The second-order valence-electron chi connectivity index (χ2n) is 6.73. The summed E-state index contributed by atoms with van der Waals surface area (Å²) in [4.78, 5) is 33.9. The van der Waals surface area contributed by atoms with E-state index < -0.39 is 22.8 Å². The molecule has 34 heavy (non-hydrogen) atoms. The standard InChI is InChI=1S/C22H19FN2O5.H3NO3/c1-15(17-10-11-20(21(23)12-17)16-6-3-2-4-7-16)22(26)29-13-18-8-5-9-19(24-18)14-30-25(27)28;2-1-4-3/h2-12,15H,13-14H2,1H3;1-3H/t15-;/m0./s1. The van der Waals surface area contributed by atoms with Crippen molar-refractivity contribution in [1.82, 2.24) is 10.6 Å². The van der Waals surface area contributed by atoms with Crippen LogP contribution in [0, 0.1) is 15.9 Å². The topological polar surface area (TPSA) is 153 Å². The lowest BCUT2D eigenvalue weighted by Gasteiger charge is -2.13. The van der Waals surface area contributed by atoms with Crippen molar-refractivity contribution in [2.75, 3.05) is 0 Å². The number of nitrogens with zero attached hydrogens (tertiary/aromatic N) is 2. The number of benzene rings is 2. The van der Waals surface area contributed by atoms with Crippen molar-refractivity contribution in [3.05, 3.63) is 99.6 Å². The molecule has 3 aromatic rings. The van der Waals surface area contributed by atoms with Crippen LogP contribution in [0.15, 0.2) is 66.7 Å². The molecule has 0 aliphatic heterocycles. The Morgan fingerprint density at radius 3 is 2.35 bits per heavy atom. The lowest BCUT2D eigenvalue weighted by Crippen LogP contribution is -2.14. The van der Waals surface area contributed by atoms with Crippen molar-refractivity contribution in [2.45, 2.75) is 26.1 Å². The highest BCUT2D eigenvalue weighted by Crippen LogP contribution is 2.26. The lowest BCUT2D eigenvalue weighted by molar-refractivity contribution is -0.763. The van der Waals surface area contributed by atoms with Crippen LogP contribution in [0.1, 0.15) is 29.8 Å². The second kappa shape index (κ2) is 13.5. The van der Waals surface area contributed by atoms with Crippen LogP contribution < -0.4 is 5.64 Å². The molecule has 11 nitrogen and oxygen atoms in total. The maximum atomic E-state index is 14.6. The van der Waals surface area contributed by atoms with Gasteiger partial charge < -0.3 is 9.57 Å². The number of ether oxygens (including phenoxy) is 1. The molecule has 0 spiro atoms. The monoisotopic (exact) mass is 475 g/mol. The van der Waals surface area contributed by atoms with E-state index in [2.05, 4.69) is 14.8 Å². The van der Waals surface area contributed by atoms with Gasteiger partial charge in [0.05, 0.1) is 17.3 Å². The zero-order valence-electron chi connectivity index (χ0n) is 18.0. The first-order valence-electron chi connectivity index (χ1n) is 9.78. The van der Waals surface area contributed by atoms with Crippen molar-refractivity contribution < 1.29 is 39.3 Å². The van der Waals surface area contributed by atoms with E-state index >= 15 is 0 Å². The number of hydrogen-bond donors (Lipinski definition) is 3. The van der Waals surface area contributed by atoms with Gasteiger partial charge in [-0.15, -0.1) is 15.1 Å². The van der Waals surface area contributed by atoms with E-state index in [-0.39, 0.29) is 13.2 Å². The summed E-state index contributed by atoms with van der Waals surface area (Å²) in [5.74, 6) is -1.63. The fourth-order valence-corrected chi connectivity index (χ4v) is 2.87. The number of carbonyl (C=O) groups is 1. The average molecular weight is 475 g/mol. The first kappa shape index (κ1) is 26.3. The quantitative estimate of drug-likeness (QED) is 0.180. The summed E-state index contributed by atoms with van der Waals surface area (Å²) in [7, 11) is 0. The summed E-state index contributed by atoms with van der Waals surface area (Å²) in [6, 6.07) is 18.6. The molecule has 0 aliphatic rings. The number of carbonyl (C=O) groups excluding carboxylic acids is 1. The van der Waals surface area contributed by atoms with Gasteiger partial charge in [-0.2, -0.15) is 0 Å². The Bertz CT molecular complexity index is 1080. The van der Waals surface area contributed by atoms with Crippen LogP contribution >= 0.6 is 0 Å². The molecule has 0 amide bonds. The molecule has 0 bridgehead atoms. The van der Waals surface area contributed by atoms with E-state index in [0.29, 0.717) is 22.5 Å². The van der Waals surface area contributed by atoms with Crippen LogP contribution in [-0.4, -0.2) is 26.5 Å². The van der Waals surface area contributed by atoms with E-state index in [9.17, 15) is 19.3 Å². The van der Waals surface area contributed by atoms with Gasteiger partial charge in [-0.25, -0.2) is 9.65 Å². The molecule has 180 valence electrons. The molecule has 0 aliphatic carbocycles. The third-order valence-corrected chi connectivity index (χ3v) is 4.52. The summed E-state index contributed by atoms with van der Waals surface area (Å²) in [5.41, 5.74) is 3.46. The minimum absolute atomic E-state index is 0.111. The molecule has 0 saturated heterocycles. The Morgan fingerprint density at radius 1 is 1.12 bits per heavy atom. The molecule has 1 atom stereocenters. The molecule has 0 fully saturated rings. The van der Waals surface area contributed by atoms with Crippen LogP contribution in [-0.2, 0) is 32.6 Å². The third-order valence-electron chi connectivity index (χ3n) is 4.52. The Labute approximate surface area is 193 Å². The SMILES string of the molecule is C[C@H](C(=O)OCc1cccc(CO[N+](=O)[O-])n1)c1ccc(-c2ccccc2)c(F)c1.ONOO. The van der Waals surface area contributed by atoms with E-state index in [1.807, 2.05) is 30.3 Å². The molecule has 12 heteroatoms. The summed E-state index contributed by atoms with van der Waals surface area (Å²) < 4.78 is 19.8. The van der Waals surface area contributed by atoms with Gasteiger partial charge in [-0.05, 0) is 41.9 Å². The van der Waals surface area contributed by atoms with Gasteiger partial charge in [0.25, 0.3) is 5.09 Å². The van der Waals surface area contributed by atoms with Crippen LogP contribution in [0.4, 0.5) is 4.39 Å². The summed E-state index contributed by atoms with van der Waals surface area (Å²) in [6.07, 6.45) is 0. The van der Waals surface area contributed by atoms with E-state index in [0.717, 1.165) is 11.2 Å². The first-order chi connectivity index (χ1) is 16.3. The number of hydrogen-bond acceptors (Lipinski definition) is 10. The summed E-state index contributed by atoms with van der Waals surface area (Å²) in [5, 5.41) is 23.5. The summed E-state index contributed by atoms with van der Waals surface area (Å²) >= 11 is 0. The van der Waals surface area contributed by atoms with Gasteiger partial charge in [0.15, 0.2) is 0 Å². The van der Waals surface area contributed by atoms with Crippen molar-refractivity contribution in [3.63, 3.8) is 0 Å². The van der Waals surface area contributed by atoms with E-state index in [1.54, 1.807) is 37.3 Å². The predicted molar refractivity (Wildman–Crippen MR) is 115 cm³/mol. The highest BCUT2D eigenvalue weighted by atomic mass is 19.1. The Hall–Kier alpha value is -3.97. The van der Waals surface area contributed by atoms with Crippen LogP contribution in [0.25, 0.3) is 11.1 Å². The Morgan fingerprint density at radius 2 is 1.76 bits per heavy atom. The molecule has 0 saturated carbocycles. The van der Waals surface area contributed by atoms with E-state index in [4.69, 9.17) is 15.2 Å². The van der Waals surface area contributed by atoms with E-state index in [1.165, 1.54) is 6.07 Å². The Kier molecular flexibility index (Phi) is 10.5. The van der Waals surface area contributed by atoms with Crippen LogP contribution in [0.3, 0.4) is 0 Å².